The van der Waals surface area contributed by atoms with Gasteiger partial charge in [0.05, 0.1) is 23.5 Å². The summed E-state index contributed by atoms with van der Waals surface area (Å²) in [5, 5.41) is 12.9. The molecule has 0 unspecified atom stereocenters. The summed E-state index contributed by atoms with van der Waals surface area (Å²) in [5.41, 5.74) is 2.47. The standard InChI is InChI=1S/C30H28ClF3N2O4S/c1-17(41(39)40)18-2-4-19(5-3-18)27(16-37)35-29(38)21-7-11-28-22(12-21)14-25(36(28)24-9-10-24)13-20-6-8-23(31)15-26(20)30(32,33)34/h2-8,11-12,14-15,17,24,27,37,41H,9-10,13,16H2,1H3,(H,35,38)/t17-,27+/m1/s1. The molecule has 2 atom stereocenters. The van der Waals surface area contributed by atoms with Crippen molar-refractivity contribution in [3.8, 4) is 0 Å². The van der Waals surface area contributed by atoms with E-state index in [-0.39, 0.29) is 29.7 Å². The van der Waals surface area contributed by atoms with Crippen LogP contribution in [0.4, 0.5) is 13.2 Å². The van der Waals surface area contributed by atoms with Crippen molar-refractivity contribution in [3.63, 3.8) is 0 Å². The van der Waals surface area contributed by atoms with Gasteiger partial charge in [-0.3, -0.25) is 4.79 Å². The average Bonchev–Trinajstić information content (AvgIpc) is 3.71. The van der Waals surface area contributed by atoms with E-state index in [1.165, 1.54) is 12.1 Å². The molecule has 4 aromatic rings. The fourth-order valence-corrected chi connectivity index (χ4v) is 5.69. The first-order valence-corrected chi connectivity index (χ1v) is 14.7. The van der Waals surface area contributed by atoms with Gasteiger partial charge in [0.25, 0.3) is 5.91 Å². The Kier molecular flexibility index (Phi) is 8.18. The molecular formula is C30H28ClF3N2O4S. The average molecular weight is 605 g/mol. The topological polar surface area (TPSA) is 88.4 Å². The lowest BCUT2D eigenvalue weighted by atomic mass is 10.0. The van der Waals surface area contributed by atoms with Crippen LogP contribution in [0.3, 0.4) is 0 Å². The molecule has 1 fully saturated rings. The molecule has 216 valence electrons. The molecule has 1 aromatic heterocycles. The number of thiol groups is 1. The lowest BCUT2D eigenvalue weighted by Gasteiger charge is -2.18. The Morgan fingerprint density at radius 1 is 1.05 bits per heavy atom. The molecule has 0 saturated heterocycles. The maximum atomic E-state index is 13.7. The minimum absolute atomic E-state index is 0.0190. The number of hydrogen-bond acceptors (Lipinski definition) is 4. The van der Waals surface area contributed by atoms with Gasteiger partial charge in [0.2, 0.25) is 0 Å². The van der Waals surface area contributed by atoms with Crippen molar-refractivity contribution >= 4 is 39.1 Å². The van der Waals surface area contributed by atoms with Crippen LogP contribution >= 0.6 is 11.6 Å². The zero-order valence-corrected chi connectivity index (χ0v) is 23.6. The van der Waals surface area contributed by atoms with Crippen LogP contribution in [-0.2, 0) is 23.3 Å². The highest BCUT2D eigenvalue weighted by atomic mass is 35.5. The van der Waals surface area contributed by atoms with Crippen molar-refractivity contribution in [1.29, 1.82) is 0 Å². The van der Waals surface area contributed by atoms with E-state index < -0.39 is 39.6 Å². The van der Waals surface area contributed by atoms with Gasteiger partial charge in [-0.25, -0.2) is 8.42 Å². The van der Waals surface area contributed by atoms with Crippen LogP contribution in [0.5, 0.6) is 0 Å². The molecule has 1 amide bonds. The number of aromatic nitrogens is 1. The molecule has 1 aliphatic rings. The van der Waals surface area contributed by atoms with E-state index in [4.69, 9.17) is 11.6 Å². The lowest BCUT2D eigenvalue weighted by Crippen LogP contribution is -2.30. The van der Waals surface area contributed by atoms with Crippen molar-refractivity contribution in [3.05, 3.63) is 105 Å². The van der Waals surface area contributed by atoms with Crippen molar-refractivity contribution in [2.75, 3.05) is 6.61 Å². The number of nitrogens with one attached hydrogen (secondary N) is 1. The molecule has 1 heterocycles. The van der Waals surface area contributed by atoms with Gasteiger partial charge in [0, 0.05) is 39.6 Å². The summed E-state index contributed by atoms with van der Waals surface area (Å²) in [6.07, 6.45) is -2.64. The second-order valence-corrected chi connectivity index (χ2v) is 12.1. The van der Waals surface area contributed by atoms with Crippen LogP contribution in [0.2, 0.25) is 5.02 Å². The first kappa shape index (κ1) is 29.2. The fraction of sp³-hybridized carbons (Fsp3) is 0.300. The Balaban J connectivity index is 1.41. The van der Waals surface area contributed by atoms with Gasteiger partial charge in [0.1, 0.15) is 10.7 Å². The maximum Gasteiger partial charge on any atom is 0.416 e. The quantitative estimate of drug-likeness (QED) is 0.194. The molecule has 0 spiro atoms. The number of rotatable bonds is 9. The van der Waals surface area contributed by atoms with E-state index in [1.807, 2.05) is 6.07 Å². The van der Waals surface area contributed by atoms with Crippen LogP contribution in [0.25, 0.3) is 10.9 Å². The molecule has 3 aromatic carbocycles. The molecule has 41 heavy (non-hydrogen) atoms. The highest BCUT2D eigenvalue weighted by Gasteiger charge is 2.34. The van der Waals surface area contributed by atoms with Gasteiger partial charge in [-0.1, -0.05) is 41.9 Å². The molecule has 11 heteroatoms. The minimum atomic E-state index is -4.54. The number of carbonyl (C=O) groups is 1. The predicted octanol–water partition coefficient (Wildman–Crippen LogP) is 6.38. The Morgan fingerprint density at radius 2 is 1.73 bits per heavy atom. The van der Waals surface area contributed by atoms with E-state index >= 15 is 0 Å². The molecule has 1 aliphatic carbocycles. The first-order chi connectivity index (χ1) is 19.5. The summed E-state index contributed by atoms with van der Waals surface area (Å²) in [6, 6.07) is 16.9. The summed E-state index contributed by atoms with van der Waals surface area (Å²) in [5.74, 6) is -0.427. The lowest BCUT2D eigenvalue weighted by molar-refractivity contribution is -0.138. The summed E-state index contributed by atoms with van der Waals surface area (Å²) in [7, 11) is -2.63. The first-order valence-electron chi connectivity index (χ1n) is 13.1. The summed E-state index contributed by atoms with van der Waals surface area (Å²) >= 11 is 5.86. The summed E-state index contributed by atoms with van der Waals surface area (Å²) in [4.78, 5) is 13.2. The largest absolute Gasteiger partial charge is 0.416 e. The molecular weight excluding hydrogens is 577 g/mol. The van der Waals surface area contributed by atoms with Crippen LogP contribution in [-0.4, -0.2) is 30.6 Å². The zero-order chi connectivity index (χ0) is 29.5. The molecule has 1 saturated carbocycles. The van der Waals surface area contributed by atoms with Gasteiger partial charge < -0.3 is 15.0 Å². The SMILES string of the molecule is C[C@H](c1ccc([C@H](CO)NC(=O)c2ccc3c(c2)cc(Cc2ccc(Cl)cc2C(F)(F)F)n3C2CC2)cc1)[SH](=O)=O. The Hall–Kier alpha value is -3.34. The van der Waals surface area contributed by atoms with E-state index in [0.29, 0.717) is 16.7 Å². The molecule has 2 N–H and O–H groups in total. The number of alkyl halides is 3. The Morgan fingerprint density at radius 3 is 2.34 bits per heavy atom. The van der Waals surface area contributed by atoms with Crippen molar-refractivity contribution in [2.45, 2.75) is 49.7 Å². The fourth-order valence-electron chi connectivity index (χ4n) is 5.10. The number of aliphatic hydroxyl groups excluding tert-OH is 1. The van der Waals surface area contributed by atoms with Crippen LogP contribution in [0, 0.1) is 0 Å². The minimum Gasteiger partial charge on any atom is -0.394 e. The van der Waals surface area contributed by atoms with Gasteiger partial charge in [-0.15, -0.1) is 0 Å². The number of carbonyl (C=O) groups excluding carboxylic acids is 1. The zero-order valence-electron chi connectivity index (χ0n) is 22.0. The van der Waals surface area contributed by atoms with E-state index in [9.17, 15) is 31.5 Å². The monoisotopic (exact) mass is 604 g/mol. The maximum absolute atomic E-state index is 13.7. The van der Waals surface area contributed by atoms with Gasteiger partial charge in [-0.2, -0.15) is 13.2 Å². The number of halogens is 4. The van der Waals surface area contributed by atoms with Crippen molar-refractivity contribution in [1.82, 2.24) is 9.88 Å². The number of fused-ring (bicyclic) bond motifs is 1. The molecule has 6 nitrogen and oxygen atoms in total. The number of hydrogen-bond donors (Lipinski definition) is 3. The van der Waals surface area contributed by atoms with E-state index in [0.717, 1.165) is 35.5 Å². The van der Waals surface area contributed by atoms with Crippen molar-refractivity contribution in [2.24, 2.45) is 0 Å². The van der Waals surface area contributed by atoms with E-state index in [2.05, 4.69) is 9.88 Å². The number of amides is 1. The molecule has 0 radical (unpaired) electrons. The van der Waals surface area contributed by atoms with Gasteiger partial charge >= 0.3 is 6.18 Å². The number of nitrogens with zero attached hydrogens (tertiary/aromatic N) is 1. The highest BCUT2D eigenvalue weighted by Crippen LogP contribution is 2.41. The second kappa shape index (κ2) is 11.5. The van der Waals surface area contributed by atoms with Crippen LogP contribution in [0.1, 0.15) is 75.4 Å². The Bertz CT molecular complexity index is 1670. The molecule has 5 rings (SSSR count). The summed E-state index contributed by atoms with van der Waals surface area (Å²) < 4.78 is 65.8. The second-order valence-electron chi connectivity index (χ2n) is 10.3. The van der Waals surface area contributed by atoms with Crippen LogP contribution < -0.4 is 5.32 Å². The third-order valence-corrected chi connectivity index (χ3v) is 8.63. The van der Waals surface area contributed by atoms with Crippen LogP contribution in [0.15, 0.2) is 66.7 Å². The molecule has 0 aliphatic heterocycles. The third kappa shape index (κ3) is 6.29. The van der Waals surface area contributed by atoms with E-state index in [1.54, 1.807) is 49.4 Å². The smallest absolute Gasteiger partial charge is 0.394 e. The third-order valence-electron chi connectivity index (χ3n) is 7.47. The summed E-state index contributed by atoms with van der Waals surface area (Å²) in [6.45, 7) is 1.21. The highest BCUT2D eigenvalue weighted by molar-refractivity contribution is 7.72. The van der Waals surface area contributed by atoms with Crippen molar-refractivity contribution < 1.29 is 31.5 Å². The normalized spacial score (nSPS) is 15.3. The van der Waals surface area contributed by atoms with Gasteiger partial charge in [-0.05, 0) is 72.9 Å². The number of aliphatic hydroxyl groups is 1. The Labute approximate surface area is 241 Å². The number of benzene rings is 3. The molecule has 0 bridgehead atoms. The van der Waals surface area contributed by atoms with Gasteiger partial charge in [0.15, 0.2) is 0 Å². The predicted molar refractivity (Wildman–Crippen MR) is 152 cm³/mol.